The van der Waals surface area contributed by atoms with E-state index < -0.39 is 17.6 Å². The minimum absolute atomic E-state index is 0.638. The third-order valence-electron chi connectivity index (χ3n) is 1.88. The molecular weight excluding hydrogens is 223 g/mol. The maximum Gasteiger partial charge on any atom is 0.0593 e. The van der Waals surface area contributed by atoms with Gasteiger partial charge in [-0.3, -0.25) is 0 Å². The van der Waals surface area contributed by atoms with Crippen molar-refractivity contribution in [3.63, 3.8) is 0 Å². The molecule has 0 nitrogen and oxygen atoms in total. The molecule has 0 aromatic rings. The van der Waals surface area contributed by atoms with E-state index in [2.05, 4.69) is 24.5 Å². The second-order valence-electron chi connectivity index (χ2n) is 3.17. The summed E-state index contributed by atoms with van der Waals surface area (Å²) in [7, 11) is -1.28. The second kappa shape index (κ2) is 8.11. The first-order chi connectivity index (χ1) is 5.70. The van der Waals surface area contributed by atoms with Crippen molar-refractivity contribution in [3.05, 3.63) is 22.5 Å². The van der Waals surface area contributed by atoms with Gasteiger partial charge in [-0.25, -0.2) is 0 Å². The van der Waals surface area contributed by atoms with Crippen molar-refractivity contribution in [2.24, 2.45) is 0 Å². The first kappa shape index (κ1) is 12.5. The molecule has 2 unspecified atom stereocenters. The molecule has 0 amide bonds. The number of hydrogen-bond acceptors (Lipinski definition) is 0. The van der Waals surface area contributed by atoms with Gasteiger partial charge in [0, 0.05) is 0 Å². The van der Waals surface area contributed by atoms with E-state index in [1.807, 2.05) is 0 Å². The van der Waals surface area contributed by atoms with Crippen molar-refractivity contribution >= 4 is 40.8 Å². The highest BCUT2D eigenvalue weighted by molar-refractivity contribution is 6.69. The monoisotopic (exact) mass is 238 g/mol. The molecular formula is C8H16Cl2Si2. The molecule has 0 spiro atoms. The smallest absolute Gasteiger partial charge is 0.0593 e. The maximum atomic E-state index is 5.50. The lowest BCUT2D eigenvalue weighted by atomic mass is 10.9. The molecule has 0 aliphatic carbocycles. The molecule has 0 saturated heterocycles. The van der Waals surface area contributed by atoms with Crippen molar-refractivity contribution in [1.82, 2.24) is 0 Å². The fraction of sp³-hybridized carbons (Fsp3) is 0.500. The molecule has 0 aromatic carbocycles. The van der Waals surface area contributed by atoms with Crippen molar-refractivity contribution in [1.29, 1.82) is 0 Å². The van der Waals surface area contributed by atoms with Crippen LogP contribution in [-0.2, 0) is 0 Å². The topological polar surface area (TPSA) is 0 Å². The summed E-state index contributed by atoms with van der Waals surface area (Å²) in [6, 6.07) is 2.72. The van der Waals surface area contributed by atoms with Crippen LogP contribution in [0.25, 0.3) is 0 Å². The maximum absolute atomic E-state index is 5.50. The molecule has 70 valence electrons. The van der Waals surface area contributed by atoms with Crippen LogP contribution in [0.5, 0.6) is 0 Å². The molecule has 0 saturated carbocycles. The molecule has 0 bridgehead atoms. The van der Waals surface area contributed by atoms with Crippen LogP contribution in [0.15, 0.2) is 22.5 Å². The zero-order valence-electron chi connectivity index (χ0n) is 7.63. The average molecular weight is 239 g/mol. The minimum Gasteiger partial charge on any atom is -0.0937 e. The van der Waals surface area contributed by atoms with Gasteiger partial charge in [-0.2, -0.15) is 0 Å². The Labute approximate surface area is 88.5 Å². The number of rotatable bonds is 5. The second-order valence-corrected chi connectivity index (χ2v) is 9.51. The SMILES string of the molecule is C[SiH](C=CCl)CC[SiH](C)C=CCl. The summed E-state index contributed by atoms with van der Waals surface area (Å²) in [6.07, 6.45) is 0. The summed E-state index contributed by atoms with van der Waals surface area (Å²) >= 11 is 11.0. The summed E-state index contributed by atoms with van der Waals surface area (Å²) in [4.78, 5) is 0. The van der Waals surface area contributed by atoms with Gasteiger partial charge in [0.2, 0.25) is 0 Å². The molecule has 0 fully saturated rings. The summed E-state index contributed by atoms with van der Waals surface area (Å²) in [5.74, 6) is 0. The third-order valence-corrected chi connectivity index (χ3v) is 7.51. The molecule has 4 heteroatoms. The fourth-order valence-electron chi connectivity index (χ4n) is 0.967. The molecule has 0 rings (SSSR count). The molecule has 12 heavy (non-hydrogen) atoms. The molecule has 0 radical (unpaired) electrons. The Kier molecular flexibility index (Phi) is 8.44. The first-order valence-corrected chi connectivity index (χ1v) is 10.4. The van der Waals surface area contributed by atoms with Gasteiger partial charge in [0.05, 0.1) is 17.6 Å². The summed E-state index contributed by atoms with van der Waals surface area (Å²) < 4.78 is 0. The minimum atomic E-state index is -0.638. The number of halogens is 2. The normalized spacial score (nSPS) is 17.3. The zero-order valence-corrected chi connectivity index (χ0v) is 11.5. The van der Waals surface area contributed by atoms with Crippen molar-refractivity contribution in [2.45, 2.75) is 25.2 Å². The first-order valence-electron chi connectivity index (χ1n) is 4.24. The van der Waals surface area contributed by atoms with Gasteiger partial charge in [0.25, 0.3) is 0 Å². The van der Waals surface area contributed by atoms with Gasteiger partial charge in [0.1, 0.15) is 0 Å². The van der Waals surface area contributed by atoms with Crippen molar-refractivity contribution in [2.75, 3.05) is 0 Å². The standard InChI is InChI=1S/C8H16Cl2Si2/c1-11(5-3-9)7-8-12(2)6-4-10/h3-6,11-12H,7-8H2,1-2H3. The molecule has 0 N–H and O–H groups in total. The van der Waals surface area contributed by atoms with E-state index >= 15 is 0 Å². The van der Waals surface area contributed by atoms with Crippen LogP contribution >= 0.6 is 23.2 Å². The van der Waals surface area contributed by atoms with Gasteiger partial charge >= 0.3 is 0 Å². The lowest BCUT2D eigenvalue weighted by molar-refractivity contribution is 1.37. The Bertz CT molecular complexity index is 139. The third kappa shape index (κ3) is 7.16. The molecule has 0 heterocycles. The van der Waals surface area contributed by atoms with E-state index in [0.717, 1.165) is 0 Å². The predicted octanol–water partition coefficient (Wildman–Crippen LogP) is 3.28. The lowest BCUT2D eigenvalue weighted by Crippen LogP contribution is -2.09. The van der Waals surface area contributed by atoms with Crippen LogP contribution in [0.4, 0.5) is 0 Å². The highest BCUT2D eigenvalue weighted by Gasteiger charge is 2.03. The van der Waals surface area contributed by atoms with E-state index in [1.54, 1.807) is 11.1 Å². The average Bonchev–Trinajstić information content (AvgIpc) is 2.02. The van der Waals surface area contributed by atoms with Crippen LogP contribution in [0.1, 0.15) is 0 Å². The quantitative estimate of drug-likeness (QED) is 0.646. The van der Waals surface area contributed by atoms with Gasteiger partial charge in [-0.1, -0.05) is 59.8 Å². The summed E-state index contributed by atoms with van der Waals surface area (Å²) in [6.45, 7) is 4.65. The van der Waals surface area contributed by atoms with Crippen molar-refractivity contribution < 1.29 is 0 Å². The van der Waals surface area contributed by atoms with Crippen LogP contribution in [0, 0.1) is 0 Å². The lowest BCUT2D eigenvalue weighted by Gasteiger charge is -2.05. The Morgan fingerprint density at radius 3 is 1.50 bits per heavy atom. The van der Waals surface area contributed by atoms with Gasteiger partial charge in [0.15, 0.2) is 0 Å². The summed E-state index contributed by atoms with van der Waals surface area (Å²) in [5, 5.41) is 0. The Morgan fingerprint density at radius 2 is 1.25 bits per heavy atom. The molecule has 0 aliphatic heterocycles. The Morgan fingerprint density at radius 1 is 0.917 bits per heavy atom. The van der Waals surface area contributed by atoms with Gasteiger partial charge in [-0.05, 0) is 11.1 Å². The predicted molar refractivity (Wildman–Crippen MR) is 65.6 cm³/mol. The fourth-order valence-corrected chi connectivity index (χ4v) is 7.54. The van der Waals surface area contributed by atoms with Gasteiger partial charge < -0.3 is 0 Å². The van der Waals surface area contributed by atoms with Crippen LogP contribution < -0.4 is 0 Å². The largest absolute Gasteiger partial charge is 0.0937 e. The van der Waals surface area contributed by atoms with Crippen molar-refractivity contribution in [3.8, 4) is 0 Å². The highest BCUT2D eigenvalue weighted by atomic mass is 35.5. The van der Waals surface area contributed by atoms with Crippen LogP contribution in [0.2, 0.25) is 25.2 Å². The Hall–Kier alpha value is 0.494. The Balaban J connectivity index is 3.53. The van der Waals surface area contributed by atoms with E-state index in [9.17, 15) is 0 Å². The molecule has 0 aromatic heterocycles. The van der Waals surface area contributed by atoms with E-state index in [4.69, 9.17) is 23.2 Å². The molecule has 2 atom stereocenters. The van der Waals surface area contributed by atoms with E-state index in [0.29, 0.717) is 0 Å². The van der Waals surface area contributed by atoms with Crippen LogP contribution in [-0.4, -0.2) is 17.6 Å². The number of hydrogen-bond donors (Lipinski definition) is 0. The highest BCUT2D eigenvalue weighted by Crippen LogP contribution is 2.06. The zero-order chi connectivity index (χ0) is 9.40. The molecule has 0 aliphatic rings. The van der Waals surface area contributed by atoms with E-state index in [-0.39, 0.29) is 0 Å². The van der Waals surface area contributed by atoms with Crippen LogP contribution in [0.3, 0.4) is 0 Å². The van der Waals surface area contributed by atoms with E-state index in [1.165, 1.54) is 12.1 Å². The summed E-state index contributed by atoms with van der Waals surface area (Å²) in [5.41, 5.74) is 7.68. The van der Waals surface area contributed by atoms with Gasteiger partial charge in [-0.15, -0.1) is 0 Å².